The Morgan fingerprint density at radius 1 is 1.05 bits per heavy atom. The number of hydrogen-bond donors (Lipinski definition) is 6. The van der Waals surface area contributed by atoms with Crippen LogP contribution in [0.4, 0.5) is 0 Å². The normalized spacial score (nSPS) is 36.3. The van der Waals surface area contributed by atoms with Gasteiger partial charge in [0, 0.05) is 24.6 Å². The van der Waals surface area contributed by atoms with Crippen molar-refractivity contribution in [3.8, 4) is 0 Å². The van der Waals surface area contributed by atoms with Crippen molar-refractivity contribution in [3.63, 3.8) is 0 Å². The second kappa shape index (κ2) is 12.5. The summed E-state index contributed by atoms with van der Waals surface area (Å²) in [6.07, 6.45) is -13.6. The van der Waals surface area contributed by atoms with E-state index < -0.39 is 107 Å². The van der Waals surface area contributed by atoms with Gasteiger partial charge in [-0.1, -0.05) is 0 Å². The minimum Gasteiger partial charge on any atom is -0.756 e. The number of H-pyrrole nitrogens is 1. The molecule has 0 aliphatic carbocycles. The number of nitrogens with one attached hydrogen (secondary N) is 1. The van der Waals surface area contributed by atoms with Crippen LogP contribution in [0.3, 0.4) is 0 Å². The summed E-state index contributed by atoms with van der Waals surface area (Å²) >= 11 is 0. The number of phosphoric acid groups is 2. The quantitative estimate of drug-likeness (QED) is 0.129. The number of Topliss-reactive ketones (excluding diaryl/α,β-unsaturated/α-hetero) is 1. The lowest BCUT2D eigenvalue weighted by Crippen LogP contribution is -2.56. The van der Waals surface area contributed by atoms with Gasteiger partial charge < -0.3 is 54.1 Å². The molecule has 0 saturated carbocycles. The van der Waals surface area contributed by atoms with Crippen molar-refractivity contribution < 1.29 is 72.1 Å². The molecule has 19 nitrogen and oxygen atoms in total. The molecule has 2 unspecified atom stereocenters. The van der Waals surface area contributed by atoms with Crippen molar-refractivity contribution in [1.82, 2.24) is 9.55 Å². The third-order valence-corrected chi connectivity index (χ3v) is 8.35. The summed E-state index contributed by atoms with van der Waals surface area (Å²) in [6.45, 7) is -0.937. The minimum absolute atomic E-state index is 0.564. The Balaban J connectivity index is 1.66. The summed E-state index contributed by atoms with van der Waals surface area (Å²) in [5.41, 5.74) is -1.78. The summed E-state index contributed by atoms with van der Waals surface area (Å²) in [5, 5.41) is 49.8. The molecule has 222 valence electrons. The molecule has 11 atom stereocenters. The summed E-state index contributed by atoms with van der Waals surface area (Å²) in [6, 6.07) is 0.915. The Kier molecular flexibility index (Phi) is 10.2. The number of carbonyl (C=O) groups is 1. The van der Waals surface area contributed by atoms with Crippen LogP contribution in [-0.2, 0) is 36.8 Å². The average Bonchev–Trinajstić information content (AvgIpc) is 3.10. The fraction of sp³-hybridized carbons (Fsp3) is 0.722. The topological polar surface area (TPSA) is 299 Å². The van der Waals surface area contributed by atoms with E-state index in [-0.39, 0.29) is 0 Å². The zero-order chi connectivity index (χ0) is 29.3. The fourth-order valence-electron chi connectivity index (χ4n) is 3.97. The molecule has 39 heavy (non-hydrogen) atoms. The summed E-state index contributed by atoms with van der Waals surface area (Å²) in [4.78, 5) is 61.0. The smallest absolute Gasteiger partial charge is 0.330 e. The number of aliphatic hydroxyl groups is 5. The summed E-state index contributed by atoms with van der Waals surface area (Å²) in [7, 11) is -11.7. The van der Waals surface area contributed by atoms with E-state index in [1.165, 1.54) is 0 Å². The highest BCUT2D eigenvalue weighted by molar-refractivity contribution is 7.59. The molecule has 0 amide bonds. The molecule has 3 rings (SSSR count). The number of ether oxygens (including phenoxy) is 2. The molecule has 1 aromatic heterocycles. The Hall–Kier alpha value is -1.67. The predicted octanol–water partition coefficient (Wildman–Crippen LogP) is -4.82. The van der Waals surface area contributed by atoms with Gasteiger partial charge in [-0.15, -0.1) is 0 Å². The maximum Gasteiger partial charge on any atom is 0.330 e. The standard InChI is InChI=1S/C18H28N2O17P2/c1-7(22)4-8-12(24)13(25)9(5-21)35-17(8)36-39(31,32)37-38(29,30)33-6-10-14(26)15(27)16(34-10)20-3-2-11(23)19-18(20)28/h2-3,8-10,12-17,21,24-27H,4-6H2,1H3,(H,29,30)(H,31,32)(H,19,23,28)/p-2/t8-,9-,10-,12-,13+,14-,15-,16-,17-/m1/s1. The first-order valence-corrected chi connectivity index (χ1v) is 14.1. The van der Waals surface area contributed by atoms with E-state index in [0.717, 1.165) is 19.2 Å². The molecular formula is C18H26N2O17P2-2. The van der Waals surface area contributed by atoms with Crippen LogP contribution in [0.2, 0.25) is 0 Å². The summed E-state index contributed by atoms with van der Waals surface area (Å²) in [5.74, 6) is -2.08. The molecule has 0 bridgehead atoms. The second-order valence-electron chi connectivity index (χ2n) is 8.72. The van der Waals surface area contributed by atoms with Crippen LogP contribution >= 0.6 is 15.6 Å². The van der Waals surface area contributed by atoms with Crippen molar-refractivity contribution in [2.45, 2.75) is 62.5 Å². The predicted molar refractivity (Wildman–Crippen MR) is 117 cm³/mol. The van der Waals surface area contributed by atoms with Crippen molar-refractivity contribution in [2.75, 3.05) is 13.2 Å². The lowest BCUT2D eigenvalue weighted by atomic mass is 9.87. The molecule has 2 saturated heterocycles. The van der Waals surface area contributed by atoms with E-state index in [2.05, 4.69) is 13.4 Å². The molecular weight excluding hydrogens is 578 g/mol. The highest BCUT2D eigenvalue weighted by atomic mass is 31.3. The van der Waals surface area contributed by atoms with Gasteiger partial charge in [0.15, 0.2) is 12.5 Å². The van der Waals surface area contributed by atoms with Gasteiger partial charge in [0.2, 0.25) is 0 Å². The Morgan fingerprint density at radius 3 is 2.28 bits per heavy atom. The van der Waals surface area contributed by atoms with E-state index in [0.29, 0.717) is 4.57 Å². The maximum absolute atomic E-state index is 12.3. The van der Waals surface area contributed by atoms with Crippen LogP contribution in [0, 0.1) is 5.92 Å². The molecule has 2 aliphatic rings. The summed E-state index contributed by atoms with van der Waals surface area (Å²) < 4.78 is 48.5. The molecule has 0 radical (unpaired) electrons. The van der Waals surface area contributed by atoms with Crippen LogP contribution < -0.4 is 21.0 Å². The van der Waals surface area contributed by atoms with Crippen LogP contribution in [0.1, 0.15) is 19.6 Å². The molecule has 2 aliphatic heterocycles. The third kappa shape index (κ3) is 7.75. The van der Waals surface area contributed by atoms with Crippen LogP contribution in [0.15, 0.2) is 21.9 Å². The highest BCUT2D eigenvalue weighted by Gasteiger charge is 2.47. The van der Waals surface area contributed by atoms with E-state index >= 15 is 0 Å². The number of ketones is 1. The minimum atomic E-state index is -5.90. The highest BCUT2D eigenvalue weighted by Crippen LogP contribution is 2.57. The average molecular weight is 604 g/mol. The lowest BCUT2D eigenvalue weighted by Gasteiger charge is -2.43. The third-order valence-electron chi connectivity index (χ3n) is 5.82. The largest absolute Gasteiger partial charge is 0.756 e. The zero-order valence-corrected chi connectivity index (χ0v) is 21.7. The number of hydrogen-bond acceptors (Lipinski definition) is 17. The maximum atomic E-state index is 12.3. The molecule has 3 heterocycles. The first-order valence-electron chi connectivity index (χ1n) is 11.2. The molecule has 0 spiro atoms. The van der Waals surface area contributed by atoms with Gasteiger partial charge >= 0.3 is 5.69 Å². The van der Waals surface area contributed by atoms with Gasteiger partial charge in [0.05, 0.1) is 19.3 Å². The first-order chi connectivity index (χ1) is 18.0. The number of aliphatic hydroxyl groups excluding tert-OH is 5. The molecule has 1 aromatic rings. The molecule has 2 fully saturated rings. The Labute approximate surface area is 218 Å². The van der Waals surface area contributed by atoms with Gasteiger partial charge in [-0.3, -0.25) is 28.0 Å². The van der Waals surface area contributed by atoms with Gasteiger partial charge in [-0.05, 0) is 6.92 Å². The first kappa shape index (κ1) is 31.9. The SMILES string of the molecule is CC(=O)C[C@H]1[C@@H](OP(=O)([O-])OP(=O)([O-])OC[C@H]2O[C@@H](n3ccc(=O)[nH]c3=O)[C@H](O)[C@@H]2O)O[C@H](CO)[C@H](O)[C@@H]1O. The van der Waals surface area contributed by atoms with E-state index in [4.69, 9.17) is 9.47 Å². The number of nitrogens with zero attached hydrogens (tertiary/aromatic N) is 1. The van der Waals surface area contributed by atoms with Crippen molar-refractivity contribution in [2.24, 2.45) is 5.92 Å². The van der Waals surface area contributed by atoms with Gasteiger partial charge in [-0.25, -0.2) is 9.11 Å². The van der Waals surface area contributed by atoms with E-state index in [1.54, 1.807) is 0 Å². The number of carbonyl (C=O) groups excluding carboxylic acids is 1. The fourth-order valence-corrected chi connectivity index (χ4v) is 6.08. The number of rotatable bonds is 11. The van der Waals surface area contributed by atoms with Crippen LogP contribution in [0.25, 0.3) is 0 Å². The van der Waals surface area contributed by atoms with Crippen LogP contribution in [-0.4, -0.2) is 97.0 Å². The van der Waals surface area contributed by atoms with Gasteiger partial charge in [0.25, 0.3) is 21.2 Å². The number of phosphoric ester groups is 2. The second-order valence-corrected chi connectivity index (χ2v) is 11.6. The monoisotopic (exact) mass is 604 g/mol. The van der Waals surface area contributed by atoms with Crippen LogP contribution in [0.5, 0.6) is 0 Å². The van der Waals surface area contributed by atoms with Crippen molar-refractivity contribution in [3.05, 3.63) is 33.1 Å². The zero-order valence-electron chi connectivity index (χ0n) is 19.9. The number of aromatic amines is 1. The van der Waals surface area contributed by atoms with E-state index in [1.807, 2.05) is 4.98 Å². The van der Waals surface area contributed by atoms with Crippen molar-refractivity contribution in [1.29, 1.82) is 0 Å². The Bertz CT molecular complexity index is 1240. The molecule has 0 aromatic carbocycles. The van der Waals surface area contributed by atoms with Crippen molar-refractivity contribution >= 4 is 21.4 Å². The Morgan fingerprint density at radius 2 is 1.69 bits per heavy atom. The van der Waals surface area contributed by atoms with Gasteiger partial charge in [0.1, 0.15) is 36.3 Å². The van der Waals surface area contributed by atoms with E-state index in [9.17, 15) is 58.8 Å². The number of aromatic nitrogens is 2. The molecule has 21 heteroatoms. The lowest BCUT2D eigenvalue weighted by molar-refractivity contribution is -0.294. The van der Waals surface area contributed by atoms with Gasteiger partial charge in [-0.2, -0.15) is 0 Å². The molecule has 6 N–H and O–H groups in total.